The summed E-state index contributed by atoms with van der Waals surface area (Å²) in [5.41, 5.74) is 0.349. The van der Waals surface area contributed by atoms with Gasteiger partial charge in [0.25, 0.3) is 5.56 Å². The number of halogens is 1. The van der Waals surface area contributed by atoms with Crippen LogP contribution in [-0.2, 0) is 11.3 Å². The lowest BCUT2D eigenvalue weighted by Crippen LogP contribution is -2.36. The van der Waals surface area contributed by atoms with E-state index in [1.165, 1.54) is 10.8 Å². The van der Waals surface area contributed by atoms with Crippen LogP contribution in [0.5, 0.6) is 17.2 Å². The predicted octanol–water partition coefficient (Wildman–Crippen LogP) is 5.09. The molecule has 39 heavy (non-hydrogen) atoms. The van der Waals surface area contributed by atoms with Crippen LogP contribution >= 0.6 is 11.6 Å². The van der Waals surface area contributed by atoms with Gasteiger partial charge < -0.3 is 34.9 Å². The minimum Gasteiger partial charge on any atom is -0.505 e. The van der Waals surface area contributed by atoms with Gasteiger partial charge in [0.15, 0.2) is 5.69 Å². The summed E-state index contributed by atoms with van der Waals surface area (Å²) in [5.74, 6) is -0.514. The van der Waals surface area contributed by atoms with Crippen molar-refractivity contribution in [3.63, 3.8) is 0 Å². The van der Waals surface area contributed by atoms with Gasteiger partial charge >= 0.3 is 12.0 Å². The predicted molar refractivity (Wildman–Crippen MR) is 148 cm³/mol. The molecule has 2 amide bonds. The molecule has 1 aromatic heterocycles. The standard InChI is InChI=1S/C28H32ClN3O7/c1-5-38-19-9-6-8-18(12-19)22(13-24(33)34)30-28(37)31-25-26(35)17(4)14-32(27(25)36)15-20-21(29)10-7-11-23(20)39-16(2)3/h6-12,14,16,22,35H,5,13,15H2,1-4H3,(H,33,34)(H2,30,31,37)/t22-/m0/s1. The Balaban J connectivity index is 1.91. The number of hydrogen-bond donors (Lipinski definition) is 4. The molecule has 208 valence electrons. The summed E-state index contributed by atoms with van der Waals surface area (Å²) in [6.45, 7) is 7.57. The van der Waals surface area contributed by atoms with Crippen molar-refractivity contribution in [3.8, 4) is 17.2 Å². The summed E-state index contributed by atoms with van der Waals surface area (Å²) < 4.78 is 12.6. The van der Waals surface area contributed by atoms with E-state index < -0.39 is 35.8 Å². The zero-order chi connectivity index (χ0) is 28.7. The van der Waals surface area contributed by atoms with Crippen molar-refractivity contribution in [1.29, 1.82) is 0 Å². The Hall–Kier alpha value is -4.18. The second-order valence-corrected chi connectivity index (χ2v) is 9.51. The van der Waals surface area contributed by atoms with Crippen LogP contribution in [0.2, 0.25) is 5.02 Å². The van der Waals surface area contributed by atoms with E-state index in [2.05, 4.69) is 10.6 Å². The van der Waals surface area contributed by atoms with Crippen molar-refractivity contribution >= 4 is 29.3 Å². The number of pyridine rings is 1. The molecule has 11 heteroatoms. The first-order valence-electron chi connectivity index (χ1n) is 12.4. The number of aryl methyl sites for hydroxylation is 1. The SMILES string of the molecule is CCOc1cccc([C@H](CC(=O)O)NC(=O)Nc2c(O)c(C)cn(Cc3c(Cl)cccc3OC(C)C)c2=O)c1. The quantitative estimate of drug-likeness (QED) is 0.257. The lowest BCUT2D eigenvalue weighted by Gasteiger charge is -2.20. The number of carbonyl (C=O) groups is 2. The van der Waals surface area contributed by atoms with Gasteiger partial charge in [-0.25, -0.2) is 4.79 Å². The number of carboxylic acid groups (broad SMARTS) is 1. The van der Waals surface area contributed by atoms with Crippen LogP contribution in [0.25, 0.3) is 0 Å². The molecule has 2 aromatic carbocycles. The molecule has 0 aliphatic rings. The van der Waals surface area contributed by atoms with Gasteiger partial charge in [0.05, 0.1) is 31.7 Å². The third kappa shape index (κ3) is 7.67. The molecular weight excluding hydrogens is 526 g/mol. The average Bonchev–Trinajstić information content (AvgIpc) is 2.86. The number of ether oxygens (including phenoxy) is 2. The number of hydrogen-bond acceptors (Lipinski definition) is 6. The molecule has 1 heterocycles. The minimum atomic E-state index is -1.14. The van der Waals surface area contributed by atoms with Crippen LogP contribution in [0, 0.1) is 6.92 Å². The first-order valence-corrected chi connectivity index (χ1v) is 12.8. The normalized spacial score (nSPS) is 11.6. The number of amides is 2. The van der Waals surface area contributed by atoms with E-state index in [1.807, 2.05) is 20.8 Å². The number of anilines is 1. The van der Waals surface area contributed by atoms with Crippen molar-refractivity contribution in [2.24, 2.45) is 0 Å². The van der Waals surface area contributed by atoms with E-state index in [1.54, 1.807) is 49.4 Å². The first kappa shape index (κ1) is 29.4. The largest absolute Gasteiger partial charge is 0.505 e. The van der Waals surface area contributed by atoms with Crippen LogP contribution in [0.1, 0.15) is 49.9 Å². The third-order valence-electron chi connectivity index (χ3n) is 5.70. The highest BCUT2D eigenvalue weighted by molar-refractivity contribution is 6.31. The number of urea groups is 1. The smallest absolute Gasteiger partial charge is 0.319 e. The number of rotatable bonds is 11. The molecule has 1 atom stereocenters. The monoisotopic (exact) mass is 557 g/mol. The number of aromatic hydroxyl groups is 1. The van der Waals surface area contributed by atoms with E-state index in [-0.39, 0.29) is 18.3 Å². The summed E-state index contributed by atoms with van der Waals surface area (Å²) in [6, 6.07) is 10.1. The average molecular weight is 558 g/mol. The molecule has 0 aliphatic carbocycles. The van der Waals surface area contributed by atoms with Gasteiger partial charge in [0.2, 0.25) is 0 Å². The van der Waals surface area contributed by atoms with Gasteiger partial charge in [-0.15, -0.1) is 0 Å². The Kier molecular flexibility index (Phi) is 9.84. The van der Waals surface area contributed by atoms with E-state index in [9.17, 15) is 24.6 Å². The number of carboxylic acids is 1. The van der Waals surface area contributed by atoms with Crippen molar-refractivity contribution in [3.05, 3.63) is 80.7 Å². The summed E-state index contributed by atoms with van der Waals surface area (Å²) >= 11 is 6.42. The number of carbonyl (C=O) groups excluding carboxylic acids is 1. The van der Waals surface area contributed by atoms with Gasteiger partial charge in [0.1, 0.15) is 17.2 Å². The number of benzene rings is 2. The maximum atomic E-state index is 13.3. The summed E-state index contributed by atoms with van der Waals surface area (Å²) in [6.07, 6.45) is 0.905. The Labute approximate surface area is 231 Å². The molecule has 0 saturated carbocycles. The van der Waals surface area contributed by atoms with Gasteiger partial charge in [-0.05, 0) is 57.5 Å². The van der Waals surface area contributed by atoms with Crippen molar-refractivity contribution < 1.29 is 29.3 Å². The van der Waals surface area contributed by atoms with E-state index in [4.69, 9.17) is 21.1 Å². The van der Waals surface area contributed by atoms with Crippen molar-refractivity contribution in [2.75, 3.05) is 11.9 Å². The lowest BCUT2D eigenvalue weighted by atomic mass is 10.0. The molecule has 0 saturated heterocycles. The summed E-state index contributed by atoms with van der Waals surface area (Å²) in [7, 11) is 0. The minimum absolute atomic E-state index is 0.0177. The molecule has 0 radical (unpaired) electrons. The zero-order valence-electron chi connectivity index (χ0n) is 22.2. The van der Waals surface area contributed by atoms with E-state index >= 15 is 0 Å². The molecular formula is C28H32ClN3O7. The Bertz CT molecular complexity index is 1400. The number of nitrogens with zero attached hydrogens (tertiary/aromatic N) is 1. The highest BCUT2D eigenvalue weighted by atomic mass is 35.5. The van der Waals surface area contributed by atoms with Gasteiger partial charge in [-0.1, -0.05) is 29.8 Å². The molecule has 0 spiro atoms. The van der Waals surface area contributed by atoms with Crippen molar-refractivity contribution in [1.82, 2.24) is 9.88 Å². The van der Waals surface area contributed by atoms with Crippen molar-refractivity contribution in [2.45, 2.75) is 52.8 Å². The Morgan fingerprint density at radius 1 is 1.15 bits per heavy atom. The summed E-state index contributed by atoms with van der Waals surface area (Å²) in [4.78, 5) is 37.8. The topological polar surface area (TPSA) is 139 Å². The molecule has 10 nitrogen and oxygen atoms in total. The second-order valence-electron chi connectivity index (χ2n) is 9.11. The highest BCUT2D eigenvalue weighted by Crippen LogP contribution is 2.30. The molecule has 0 unspecified atom stereocenters. The van der Waals surface area contributed by atoms with Crippen LogP contribution in [0.4, 0.5) is 10.5 Å². The Morgan fingerprint density at radius 2 is 1.87 bits per heavy atom. The lowest BCUT2D eigenvalue weighted by molar-refractivity contribution is -0.137. The fourth-order valence-electron chi connectivity index (χ4n) is 3.98. The van der Waals surface area contributed by atoms with Gasteiger partial charge in [-0.3, -0.25) is 9.59 Å². The van der Waals surface area contributed by atoms with E-state index in [0.29, 0.717) is 39.8 Å². The second kappa shape index (κ2) is 13.1. The maximum Gasteiger partial charge on any atom is 0.319 e. The van der Waals surface area contributed by atoms with E-state index in [0.717, 1.165) is 0 Å². The molecule has 3 rings (SSSR count). The van der Waals surface area contributed by atoms with Crippen LogP contribution in [0.15, 0.2) is 53.5 Å². The van der Waals surface area contributed by atoms with Crippen LogP contribution in [-0.4, -0.2) is 39.5 Å². The highest BCUT2D eigenvalue weighted by Gasteiger charge is 2.22. The molecule has 0 bridgehead atoms. The number of aliphatic carboxylic acids is 1. The first-order chi connectivity index (χ1) is 18.5. The molecule has 0 aliphatic heterocycles. The number of nitrogens with one attached hydrogen (secondary N) is 2. The van der Waals surface area contributed by atoms with Crippen LogP contribution in [0.3, 0.4) is 0 Å². The van der Waals surface area contributed by atoms with Gasteiger partial charge in [0, 0.05) is 22.3 Å². The third-order valence-corrected chi connectivity index (χ3v) is 6.05. The maximum absolute atomic E-state index is 13.3. The molecule has 4 N–H and O–H groups in total. The molecule has 3 aromatic rings. The molecule has 0 fully saturated rings. The van der Waals surface area contributed by atoms with Gasteiger partial charge in [-0.2, -0.15) is 0 Å². The fourth-order valence-corrected chi connectivity index (χ4v) is 4.20. The Morgan fingerprint density at radius 3 is 2.54 bits per heavy atom. The number of aromatic nitrogens is 1. The van der Waals surface area contributed by atoms with Crippen LogP contribution < -0.4 is 25.7 Å². The fraction of sp³-hybridized carbons (Fsp3) is 0.321. The zero-order valence-corrected chi connectivity index (χ0v) is 22.9. The summed E-state index contributed by atoms with van der Waals surface area (Å²) in [5, 5.41) is 25.4.